The van der Waals surface area contributed by atoms with Gasteiger partial charge in [0.1, 0.15) is 0 Å². The van der Waals surface area contributed by atoms with Crippen molar-refractivity contribution in [2.24, 2.45) is 0 Å². The molecule has 1 aliphatic heterocycles. The number of nitrogens with two attached hydrogens (primary N) is 1. The van der Waals surface area contributed by atoms with Crippen LogP contribution >= 0.6 is 11.6 Å². The first kappa shape index (κ1) is 18.7. The zero-order chi connectivity index (χ0) is 18.7. The number of nitrogens with zero attached hydrogens (tertiary/aromatic N) is 2. The van der Waals surface area contributed by atoms with Crippen LogP contribution < -0.4 is 5.73 Å². The van der Waals surface area contributed by atoms with E-state index in [4.69, 9.17) is 17.3 Å². The first-order valence-corrected chi connectivity index (χ1v) is 10.1. The molecule has 0 aromatic heterocycles. The fraction of sp³-hybridized carbons (Fsp3) is 0.278. The SMILES string of the molecule is Nc1ccc(CC(=O)N2CCN(S(=O)(=O)c3ccc(Cl)cc3)CC2)cc1. The highest BCUT2D eigenvalue weighted by Gasteiger charge is 2.30. The molecule has 0 unspecified atom stereocenters. The second-order valence-electron chi connectivity index (χ2n) is 6.16. The molecule has 1 heterocycles. The number of carbonyl (C=O) groups is 1. The second-order valence-corrected chi connectivity index (χ2v) is 8.53. The zero-order valence-electron chi connectivity index (χ0n) is 14.1. The summed E-state index contributed by atoms with van der Waals surface area (Å²) in [6.45, 7) is 1.30. The van der Waals surface area contributed by atoms with E-state index < -0.39 is 10.0 Å². The van der Waals surface area contributed by atoms with Gasteiger partial charge in [0.2, 0.25) is 15.9 Å². The van der Waals surface area contributed by atoms with Crippen LogP contribution in [0.4, 0.5) is 5.69 Å². The van der Waals surface area contributed by atoms with Gasteiger partial charge in [0.15, 0.2) is 0 Å². The lowest BCUT2D eigenvalue weighted by Crippen LogP contribution is -2.50. The molecule has 138 valence electrons. The summed E-state index contributed by atoms with van der Waals surface area (Å²) in [6.07, 6.45) is 0.282. The Morgan fingerprint density at radius 2 is 1.54 bits per heavy atom. The van der Waals surface area contributed by atoms with Gasteiger partial charge in [-0.1, -0.05) is 23.7 Å². The molecular formula is C18H20ClN3O3S. The van der Waals surface area contributed by atoms with E-state index in [1.165, 1.54) is 16.4 Å². The van der Waals surface area contributed by atoms with Crippen LogP contribution in [-0.2, 0) is 21.2 Å². The van der Waals surface area contributed by atoms with Crippen molar-refractivity contribution in [3.63, 3.8) is 0 Å². The summed E-state index contributed by atoms with van der Waals surface area (Å²) in [5.74, 6) is -0.0155. The summed E-state index contributed by atoms with van der Waals surface area (Å²) in [6, 6.07) is 13.3. The number of halogens is 1. The van der Waals surface area contributed by atoms with Crippen LogP contribution in [0, 0.1) is 0 Å². The monoisotopic (exact) mass is 393 g/mol. The predicted octanol–water partition coefficient (Wildman–Crippen LogP) is 2.00. The number of nitrogen functional groups attached to an aromatic ring is 1. The van der Waals surface area contributed by atoms with Gasteiger partial charge < -0.3 is 10.6 Å². The molecule has 2 N–H and O–H groups in total. The number of amides is 1. The minimum Gasteiger partial charge on any atom is -0.399 e. The van der Waals surface area contributed by atoms with E-state index in [9.17, 15) is 13.2 Å². The quantitative estimate of drug-likeness (QED) is 0.805. The van der Waals surface area contributed by atoms with Crippen molar-refractivity contribution >= 4 is 33.2 Å². The lowest BCUT2D eigenvalue weighted by Gasteiger charge is -2.34. The molecule has 2 aromatic rings. The first-order chi connectivity index (χ1) is 12.4. The molecule has 0 bridgehead atoms. The molecule has 0 spiro atoms. The third kappa shape index (κ3) is 4.17. The van der Waals surface area contributed by atoms with Gasteiger partial charge in [-0.05, 0) is 42.0 Å². The Bertz CT molecular complexity index is 875. The fourth-order valence-electron chi connectivity index (χ4n) is 2.86. The summed E-state index contributed by atoms with van der Waals surface area (Å²) in [5.41, 5.74) is 7.19. The van der Waals surface area contributed by atoms with Crippen LogP contribution in [0.15, 0.2) is 53.4 Å². The lowest BCUT2D eigenvalue weighted by atomic mass is 10.1. The highest BCUT2D eigenvalue weighted by molar-refractivity contribution is 7.89. The van der Waals surface area contributed by atoms with Crippen LogP contribution in [-0.4, -0.2) is 49.7 Å². The normalized spacial score (nSPS) is 15.8. The average Bonchev–Trinajstić information content (AvgIpc) is 2.64. The van der Waals surface area contributed by atoms with E-state index in [1.807, 2.05) is 12.1 Å². The van der Waals surface area contributed by atoms with E-state index >= 15 is 0 Å². The van der Waals surface area contributed by atoms with Crippen molar-refractivity contribution in [1.29, 1.82) is 0 Å². The van der Waals surface area contributed by atoms with E-state index in [0.717, 1.165) is 5.56 Å². The van der Waals surface area contributed by atoms with Crippen LogP contribution in [0.3, 0.4) is 0 Å². The smallest absolute Gasteiger partial charge is 0.243 e. The molecule has 6 nitrogen and oxygen atoms in total. The summed E-state index contributed by atoms with van der Waals surface area (Å²) in [5, 5.41) is 0.488. The van der Waals surface area contributed by atoms with E-state index in [2.05, 4.69) is 0 Å². The van der Waals surface area contributed by atoms with Crippen molar-refractivity contribution < 1.29 is 13.2 Å². The van der Waals surface area contributed by atoms with Crippen LogP contribution in [0.25, 0.3) is 0 Å². The van der Waals surface area contributed by atoms with Gasteiger partial charge in [0, 0.05) is 36.9 Å². The van der Waals surface area contributed by atoms with Gasteiger partial charge in [-0.3, -0.25) is 4.79 Å². The lowest BCUT2D eigenvalue weighted by molar-refractivity contribution is -0.131. The van der Waals surface area contributed by atoms with Crippen LogP contribution in [0.2, 0.25) is 5.02 Å². The van der Waals surface area contributed by atoms with Crippen molar-refractivity contribution in [3.8, 4) is 0 Å². The summed E-state index contributed by atoms with van der Waals surface area (Å²) < 4.78 is 26.7. The maximum Gasteiger partial charge on any atom is 0.243 e. The molecule has 0 saturated carbocycles. The van der Waals surface area contributed by atoms with Crippen molar-refractivity contribution in [2.45, 2.75) is 11.3 Å². The Morgan fingerprint density at radius 1 is 0.962 bits per heavy atom. The number of benzene rings is 2. The fourth-order valence-corrected chi connectivity index (χ4v) is 4.40. The summed E-state index contributed by atoms with van der Waals surface area (Å²) >= 11 is 5.82. The molecule has 1 aliphatic rings. The Labute approximate surface area is 158 Å². The van der Waals surface area contributed by atoms with Crippen molar-refractivity contribution in [3.05, 3.63) is 59.1 Å². The number of hydrogen-bond acceptors (Lipinski definition) is 4. The van der Waals surface area contributed by atoms with Crippen molar-refractivity contribution in [2.75, 3.05) is 31.9 Å². The number of hydrogen-bond donors (Lipinski definition) is 1. The minimum atomic E-state index is -3.57. The van der Waals surface area contributed by atoms with Crippen LogP contribution in [0.5, 0.6) is 0 Å². The van der Waals surface area contributed by atoms with E-state index in [0.29, 0.717) is 23.8 Å². The average molecular weight is 394 g/mol. The third-order valence-corrected chi connectivity index (χ3v) is 6.54. The van der Waals surface area contributed by atoms with Gasteiger partial charge in [0.05, 0.1) is 11.3 Å². The molecule has 26 heavy (non-hydrogen) atoms. The molecule has 8 heteroatoms. The molecule has 1 fully saturated rings. The number of piperazine rings is 1. The standard InChI is InChI=1S/C18H20ClN3O3S/c19-15-3-7-17(8-4-15)26(24,25)22-11-9-21(10-12-22)18(23)13-14-1-5-16(20)6-2-14/h1-8H,9-13,20H2. The van der Waals surface area contributed by atoms with Gasteiger partial charge >= 0.3 is 0 Å². The maximum atomic E-state index is 12.7. The van der Waals surface area contributed by atoms with Gasteiger partial charge in [-0.15, -0.1) is 0 Å². The van der Waals surface area contributed by atoms with E-state index in [1.54, 1.807) is 29.2 Å². The van der Waals surface area contributed by atoms with Crippen molar-refractivity contribution in [1.82, 2.24) is 9.21 Å². The summed E-state index contributed by atoms with van der Waals surface area (Å²) in [7, 11) is -3.57. The minimum absolute atomic E-state index is 0.0155. The molecule has 0 radical (unpaired) electrons. The second kappa shape index (κ2) is 7.65. The highest BCUT2D eigenvalue weighted by atomic mass is 35.5. The molecule has 1 amide bonds. The molecular weight excluding hydrogens is 374 g/mol. The number of anilines is 1. The summed E-state index contributed by atoms with van der Waals surface area (Å²) in [4.78, 5) is 14.3. The molecule has 1 saturated heterocycles. The maximum absolute atomic E-state index is 12.7. The number of sulfonamides is 1. The van der Waals surface area contributed by atoms with Gasteiger partial charge in [-0.2, -0.15) is 4.31 Å². The molecule has 0 atom stereocenters. The first-order valence-electron chi connectivity index (χ1n) is 8.24. The van der Waals surface area contributed by atoms with E-state index in [-0.39, 0.29) is 30.3 Å². The Kier molecular flexibility index (Phi) is 5.50. The van der Waals surface area contributed by atoms with Crippen LogP contribution in [0.1, 0.15) is 5.56 Å². The third-order valence-electron chi connectivity index (χ3n) is 4.38. The predicted molar refractivity (Wildman–Crippen MR) is 101 cm³/mol. The largest absolute Gasteiger partial charge is 0.399 e. The zero-order valence-corrected chi connectivity index (χ0v) is 15.7. The topological polar surface area (TPSA) is 83.7 Å². The molecule has 3 rings (SSSR count). The van der Waals surface area contributed by atoms with Gasteiger partial charge in [0.25, 0.3) is 0 Å². The highest BCUT2D eigenvalue weighted by Crippen LogP contribution is 2.20. The molecule has 2 aromatic carbocycles. The Morgan fingerprint density at radius 3 is 2.12 bits per heavy atom. The number of rotatable bonds is 4. The Balaban J connectivity index is 1.60. The number of carbonyl (C=O) groups excluding carboxylic acids is 1. The Hall–Kier alpha value is -2.09. The van der Waals surface area contributed by atoms with Gasteiger partial charge in [-0.25, -0.2) is 8.42 Å². The molecule has 0 aliphatic carbocycles.